The number of nitriles is 1. The van der Waals surface area contributed by atoms with Gasteiger partial charge in [-0.2, -0.15) is 5.26 Å². The van der Waals surface area contributed by atoms with Crippen molar-refractivity contribution >= 4 is 17.3 Å². The average Bonchev–Trinajstić information content (AvgIpc) is 2.46. The van der Waals surface area contributed by atoms with Gasteiger partial charge in [-0.3, -0.25) is 10.1 Å². The molecule has 1 heterocycles. The fourth-order valence-electron chi connectivity index (χ4n) is 1.53. The Morgan fingerprint density at radius 1 is 1.45 bits per heavy atom. The first kappa shape index (κ1) is 13.8. The predicted octanol–water partition coefficient (Wildman–Crippen LogP) is 3.09. The summed E-state index contributed by atoms with van der Waals surface area (Å²) < 4.78 is 5.45. The molecule has 20 heavy (non-hydrogen) atoms. The topological polar surface area (TPSA) is 89.0 Å². The second kappa shape index (κ2) is 5.99. The summed E-state index contributed by atoms with van der Waals surface area (Å²) >= 11 is 5.90. The molecule has 0 aliphatic heterocycles. The van der Waals surface area contributed by atoms with Crippen LogP contribution in [0.25, 0.3) is 0 Å². The first-order valence-corrected chi connectivity index (χ1v) is 5.90. The van der Waals surface area contributed by atoms with Crippen LogP contribution >= 0.6 is 11.6 Å². The number of benzene rings is 1. The Kier molecular flexibility index (Phi) is 4.13. The fourth-order valence-corrected chi connectivity index (χ4v) is 1.76. The van der Waals surface area contributed by atoms with Crippen LogP contribution in [0.15, 0.2) is 36.5 Å². The smallest absolute Gasteiger partial charge is 0.271 e. The van der Waals surface area contributed by atoms with Crippen LogP contribution in [-0.4, -0.2) is 9.91 Å². The number of nitro benzene ring substituents is 1. The van der Waals surface area contributed by atoms with Crippen molar-refractivity contribution in [1.29, 1.82) is 5.26 Å². The summed E-state index contributed by atoms with van der Waals surface area (Å²) in [6.45, 7) is 0.105. The number of nitro groups is 1. The molecule has 0 aliphatic rings. The summed E-state index contributed by atoms with van der Waals surface area (Å²) in [4.78, 5) is 14.0. The zero-order valence-electron chi connectivity index (χ0n) is 10.1. The molecule has 2 rings (SSSR count). The first-order valence-electron chi connectivity index (χ1n) is 5.52. The maximum atomic E-state index is 10.6. The summed E-state index contributed by atoms with van der Waals surface area (Å²) in [7, 11) is 0. The number of ether oxygens (including phenoxy) is 1. The molecule has 1 aromatic heterocycles. The molecule has 0 radical (unpaired) electrons. The lowest BCUT2D eigenvalue weighted by Crippen LogP contribution is -2.00. The van der Waals surface area contributed by atoms with Crippen molar-refractivity contribution in [2.75, 3.05) is 0 Å². The number of halogens is 1. The van der Waals surface area contributed by atoms with Crippen molar-refractivity contribution in [3.63, 3.8) is 0 Å². The lowest BCUT2D eigenvalue weighted by molar-refractivity contribution is -0.384. The Labute approximate surface area is 119 Å². The highest BCUT2D eigenvalue weighted by Gasteiger charge is 2.11. The quantitative estimate of drug-likeness (QED) is 0.637. The Morgan fingerprint density at radius 3 is 2.90 bits per heavy atom. The van der Waals surface area contributed by atoms with Gasteiger partial charge in [0.25, 0.3) is 5.69 Å². The molecule has 0 fully saturated rings. The Bertz CT molecular complexity index is 698. The Morgan fingerprint density at radius 2 is 2.25 bits per heavy atom. The number of hydrogen-bond donors (Lipinski definition) is 0. The minimum Gasteiger partial charge on any atom is -0.487 e. The van der Waals surface area contributed by atoms with E-state index in [1.54, 1.807) is 12.1 Å². The van der Waals surface area contributed by atoms with Crippen LogP contribution in [-0.2, 0) is 6.61 Å². The standard InChI is InChI=1S/C13H8ClN3O3/c14-11-6-10(17(18)19)3-4-13(11)20-8-9-2-1-5-16-12(9)7-15/h1-6H,8H2. The van der Waals surface area contributed by atoms with Crippen molar-refractivity contribution in [3.05, 3.63) is 62.9 Å². The predicted molar refractivity (Wildman–Crippen MR) is 71.4 cm³/mol. The average molecular weight is 290 g/mol. The van der Waals surface area contributed by atoms with Gasteiger partial charge in [0.05, 0.1) is 9.95 Å². The zero-order valence-corrected chi connectivity index (χ0v) is 10.9. The Hall–Kier alpha value is -2.65. The molecule has 6 nitrogen and oxygen atoms in total. The molecule has 0 N–H and O–H groups in total. The Balaban J connectivity index is 2.16. The lowest BCUT2D eigenvalue weighted by atomic mass is 10.2. The highest BCUT2D eigenvalue weighted by molar-refractivity contribution is 6.32. The van der Waals surface area contributed by atoms with Crippen LogP contribution < -0.4 is 4.74 Å². The molecule has 0 saturated carbocycles. The number of hydrogen-bond acceptors (Lipinski definition) is 5. The van der Waals surface area contributed by atoms with Gasteiger partial charge in [0.1, 0.15) is 24.1 Å². The van der Waals surface area contributed by atoms with Crippen molar-refractivity contribution < 1.29 is 9.66 Å². The third-order valence-corrected chi connectivity index (χ3v) is 2.80. The van der Waals surface area contributed by atoms with Gasteiger partial charge in [-0.1, -0.05) is 17.7 Å². The molecule has 2 aromatic rings. The van der Waals surface area contributed by atoms with Gasteiger partial charge in [-0.25, -0.2) is 4.98 Å². The highest BCUT2D eigenvalue weighted by Crippen LogP contribution is 2.29. The van der Waals surface area contributed by atoms with E-state index in [1.165, 1.54) is 24.4 Å². The van der Waals surface area contributed by atoms with Crippen LogP contribution in [0.2, 0.25) is 5.02 Å². The number of aromatic nitrogens is 1. The zero-order chi connectivity index (χ0) is 14.5. The SMILES string of the molecule is N#Cc1ncccc1COc1ccc([N+](=O)[O-])cc1Cl. The van der Waals surface area contributed by atoms with E-state index >= 15 is 0 Å². The number of rotatable bonds is 4. The molecule has 0 spiro atoms. The molecular weight excluding hydrogens is 282 g/mol. The maximum absolute atomic E-state index is 10.6. The van der Waals surface area contributed by atoms with Gasteiger partial charge >= 0.3 is 0 Å². The van der Waals surface area contributed by atoms with Crippen LogP contribution in [0.3, 0.4) is 0 Å². The monoisotopic (exact) mass is 289 g/mol. The van der Waals surface area contributed by atoms with Crippen molar-refractivity contribution in [2.45, 2.75) is 6.61 Å². The van der Waals surface area contributed by atoms with Gasteiger partial charge in [0.15, 0.2) is 0 Å². The number of non-ortho nitro benzene ring substituents is 1. The molecule has 0 bridgehead atoms. The third kappa shape index (κ3) is 3.02. The fraction of sp³-hybridized carbons (Fsp3) is 0.0769. The summed E-state index contributed by atoms with van der Waals surface area (Å²) in [6.07, 6.45) is 1.51. The molecule has 100 valence electrons. The summed E-state index contributed by atoms with van der Waals surface area (Å²) in [6, 6.07) is 9.30. The van der Waals surface area contributed by atoms with Gasteiger partial charge in [-0.15, -0.1) is 0 Å². The lowest BCUT2D eigenvalue weighted by Gasteiger charge is -2.08. The second-order valence-corrected chi connectivity index (χ2v) is 4.19. The molecule has 7 heteroatoms. The second-order valence-electron chi connectivity index (χ2n) is 3.78. The molecular formula is C13H8ClN3O3. The molecule has 0 unspecified atom stereocenters. The molecule has 0 amide bonds. The van der Waals surface area contributed by atoms with Crippen molar-refractivity contribution in [2.24, 2.45) is 0 Å². The van der Waals surface area contributed by atoms with Crippen LogP contribution in [0.5, 0.6) is 5.75 Å². The molecule has 0 atom stereocenters. The molecule has 0 saturated heterocycles. The van der Waals surface area contributed by atoms with Crippen molar-refractivity contribution in [3.8, 4) is 11.8 Å². The minimum absolute atomic E-state index is 0.105. The van der Waals surface area contributed by atoms with Gasteiger partial charge < -0.3 is 4.74 Å². The summed E-state index contributed by atoms with van der Waals surface area (Å²) in [5.74, 6) is 0.310. The normalized spacial score (nSPS) is 9.80. The van der Waals surface area contributed by atoms with Crippen LogP contribution in [0, 0.1) is 21.4 Å². The van der Waals surface area contributed by atoms with Gasteiger partial charge in [-0.05, 0) is 12.1 Å². The van der Waals surface area contributed by atoms with E-state index in [2.05, 4.69) is 4.98 Å². The molecule has 0 aliphatic carbocycles. The van der Waals surface area contributed by atoms with E-state index in [0.717, 1.165) is 0 Å². The molecule has 1 aromatic carbocycles. The van der Waals surface area contributed by atoms with E-state index in [1.807, 2.05) is 6.07 Å². The van der Waals surface area contributed by atoms with Crippen LogP contribution in [0.4, 0.5) is 5.69 Å². The van der Waals surface area contributed by atoms with E-state index in [-0.39, 0.29) is 23.0 Å². The summed E-state index contributed by atoms with van der Waals surface area (Å²) in [5, 5.41) is 19.6. The van der Waals surface area contributed by atoms with E-state index in [0.29, 0.717) is 11.3 Å². The first-order chi connectivity index (χ1) is 9.61. The van der Waals surface area contributed by atoms with E-state index in [4.69, 9.17) is 21.6 Å². The number of nitrogens with zero attached hydrogens (tertiary/aromatic N) is 3. The summed E-state index contributed by atoms with van der Waals surface area (Å²) in [5.41, 5.74) is 0.774. The third-order valence-electron chi connectivity index (χ3n) is 2.51. The van der Waals surface area contributed by atoms with Gasteiger partial charge in [0, 0.05) is 23.9 Å². The minimum atomic E-state index is -0.537. The van der Waals surface area contributed by atoms with E-state index < -0.39 is 4.92 Å². The van der Waals surface area contributed by atoms with Crippen molar-refractivity contribution in [1.82, 2.24) is 4.98 Å². The number of pyridine rings is 1. The largest absolute Gasteiger partial charge is 0.487 e. The van der Waals surface area contributed by atoms with Crippen LogP contribution in [0.1, 0.15) is 11.3 Å². The maximum Gasteiger partial charge on any atom is 0.271 e. The van der Waals surface area contributed by atoms with E-state index in [9.17, 15) is 10.1 Å². The highest BCUT2D eigenvalue weighted by atomic mass is 35.5. The van der Waals surface area contributed by atoms with Gasteiger partial charge in [0.2, 0.25) is 0 Å².